The second-order valence-electron chi connectivity index (χ2n) is 7.25. The maximum atomic E-state index is 13.5. The van der Waals surface area contributed by atoms with E-state index in [1.165, 1.54) is 24.1 Å². The van der Waals surface area contributed by atoms with Gasteiger partial charge in [-0.3, -0.25) is 13.9 Å². The van der Waals surface area contributed by atoms with Crippen LogP contribution >= 0.6 is 58.0 Å². The van der Waals surface area contributed by atoms with Gasteiger partial charge in [-0.05, 0) is 30.7 Å². The molecule has 0 unspecified atom stereocenters. The lowest BCUT2D eigenvalue weighted by atomic mass is 10.1. The molecule has 2 amide bonds. The molecule has 186 valence electrons. The first-order valence-electron chi connectivity index (χ1n) is 9.88. The van der Waals surface area contributed by atoms with Crippen LogP contribution in [0.15, 0.2) is 30.3 Å². The predicted molar refractivity (Wildman–Crippen MR) is 139 cm³/mol. The smallest absolute Gasteiger partial charge is 0.244 e. The Kier molecular flexibility index (Phi) is 10.2. The number of amides is 2. The van der Waals surface area contributed by atoms with E-state index in [-0.39, 0.29) is 33.7 Å². The van der Waals surface area contributed by atoms with Gasteiger partial charge in [0.1, 0.15) is 12.6 Å². The molecule has 0 bridgehead atoms. The summed E-state index contributed by atoms with van der Waals surface area (Å²) in [5, 5.41) is 3.27. The molecular formula is C21H22Cl5N3O4S. The standard InChI is InChI=1S/C21H22Cl5N3O4S/c1-4-18(21(31)27-2)28(10-12-13(22)6-5-7-14(12)23)20(30)11-29(34(3,32)33)19-9-16(25)15(24)8-17(19)26/h5-9,18H,4,10-11H2,1-3H3,(H,27,31)/t18-/m0/s1. The van der Waals surface area contributed by atoms with Gasteiger partial charge in [0.2, 0.25) is 21.8 Å². The number of halogens is 5. The van der Waals surface area contributed by atoms with Crippen LogP contribution in [0.25, 0.3) is 0 Å². The van der Waals surface area contributed by atoms with E-state index < -0.39 is 34.4 Å². The van der Waals surface area contributed by atoms with Crippen LogP contribution in [0.1, 0.15) is 18.9 Å². The third-order valence-electron chi connectivity index (χ3n) is 4.96. The summed E-state index contributed by atoms with van der Waals surface area (Å²) in [6.45, 7) is 0.931. The minimum atomic E-state index is -4.00. The number of nitrogens with zero attached hydrogens (tertiary/aromatic N) is 2. The summed E-state index contributed by atoms with van der Waals surface area (Å²) in [7, 11) is -2.56. The zero-order valence-electron chi connectivity index (χ0n) is 18.4. The molecule has 0 saturated heterocycles. The van der Waals surface area contributed by atoms with E-state index in [0.717, 1.165) is 10.6 Å². The Morgan fingerprint density at radius 1 is 0.971 bits per heavy atom. The number of hydrogen-bond donors (Lipinski definition) is 1. The molecule has 34 heavy (non-hydrogen) atoms. The van der Waals surface area contributed by atoms with Crippen molar-refractivity contribution in [2.45, 2.75) is 25.9 Å². The van der Waals surface area contributed by atoms with E-state index in [1.807, 2.05) is 0 Å². The third-order valence-corrected chi connectivity index (χ3v) is 7.82. The molecule has 0 spiro atoms. The van der Waals surface area contributed by atoms with Gasteiger partial charge in [-0.25, -0.2) is 8.42 Å². The molecule has 2 aromatic carbocycles. The summed E-state index contributed by atoms with van der Waals surface area (Å²) in [5.41, 5.74) is 0.385. The topological polar surface area (TPSA) is 86.8 Å². The number of likely N-dealkylation sites (N-methyl/N-ethyl adjacent to an activating group) is 1. The maximum absolute atomic E-state index is 13.5. The van der Waals surface area contributed by atoms with Crippen LogP contribution in [-0.4, -0.2) is 51.0 Å². The lowest BCUT2D eigenvalue weighted by molar-refractivity contribution is -0.140. The van der Waals surface area contributed by atoms with Gasteiger partial charge in [-0.1, -0.05) is 71.0 Å². The molecule has 2 rings (SSSR count). The van der Waals surface area contributed by atoms with E-state index in [1.54, 1.807) is 25.1 Å². The van der Waals surface area contributed by atoms with Crippen LogP contribution in [0.2, 0.25) is 25.1 Å². The highest BCUT2D eigenvalue weighted by molar-refractivity contribution is 7.92. The average molecular weight is 590 g/mol. The lowest BCUT2D eigenvalue weighted by Crippen LogP contribution is -2.51. The van der Waals surface area contributed by atoms with Crippen LogP contribution in [0, 0.1) is 0 Å². The number of rotatable bonds is 9. The van der Waals surface area contributed by atoms with Crippen LogP contribution in [0.4, 0.5) is 5.69 Å². The second kappa shape index (κ2) is 12.0. The number of benzene rings is 2. The fourth-order valence-electron chi connectivity index (χ4n) is 3.24. The van der Waals surface area contributed by atoms with Gasteiger partial charge < -0.3 is 10.2 Å². The molecule has 0 aliphatic rings. The van der Waals surface area contributed by atoms with E-state index in [2.05, 4.69) is 5.32 Å². The molecule has 2 aromatic rings. The van der Waals surface area contributed by atoms with Crippen molar-refractivity contribution in [2.24, 2.45) is 0 Å². The third kappa shape index (κ3) is 6.83. The Balaban J connectivity index is 2.56. The Labute approximate surface area is 223 Å². The van der Waals surface area contributed by atoms with Crippen molar-refractivity contribution in [3.8, 4) is 0 Å². The summed E-state index contributed by atoms with van der Waals surface area (Å²) in [5.74, 6) is -1.11. The van der Waals surface area contributed by atoms with Crippen molar-refractivity contribution < 1.29 is 18.0 Å². The molecular weight excluding hydrogens is 568 g/mol. The SMILES string of the molecule is CC[C@@H](C(=O)NC)N(Cc1c(Cl)cccc1Cl)C(=O)CN(c1cc(Cl)c(Cl)cc1Cl)S(C)(=O)=O. The van der Waals surface area contributed by atoms with Gasteiger partial charge in [-0.15, -0.1) is 0 Å². The van der Waals surface area contributed by atoms with Crippen molar-refractivity contribution >= 4 is 85.5 Å². The van der Waals surface area contributed by atoms with Crippen molar-refractivity contribution in [3.05, 3.63) is 61.0 Å². The van der Waals surface area contributed by atoms with Gasteiger partial charge in [0.15, 0.2) is 0 Å². The van der Waals surface area contributed by atoms with E-state index in [4.69, 9.17) is 58.0 Å². The minimum Gasteiger partial charge on any atom is -0.357 e. The van der Waals surface area contributed by atoms with Gasteiger partial charge in [0.05, 0.1) is 27.0 Å². The molecule has 0 saturated carbocycles. The number of anilines is 1. The van der Waals surface area contributed by atoms with Crippen molar-refractivity contribution in [3.63, 3.8) is 0 Å². The Bertz CT molecular complexity index is 1170. The van der Waals surface area contributed by atoms with Gasteiger partial charge in [0.25, 0.3) is 0 Å². The van der Waals surface area contributed by atoms with Crippen LogP contribution < -0.4 is 9.62 Å². The van der Waals surface area contributed by atoms with Crippen LogP contribution in [0.5, 0.6) is 0 Å². The fourth-order valence-corrected chi connectivity index (χ4v) is 5.30. The Morgan fingerprint density at radius 2 is 1.53 bits per heavy atom. The molecule has 1 N–H and O–H groups in total. The number of carbonyl (C=O) groups is 2. The van der Waals surface area contributed by atoms with Crippen molar-refractivity contribution in [1.29, 1.82) is 0 Å². The highest BCUT2D eigenvalue weighted by atomic mass is 35.5. The largest absolute Gasteiger partial charge is 0.357 e. The normalized spacial score (nSPS) is 12.2. The van der Waals surface area contributed by atoms with Crippen molar-refractivity contribution in [2.75, 3.05) is 24.2 Å². The van der Waals surface area contributed by atoms with Gasteiger partial charge in [-0.2, -0.15) is 0 Å². The summed E-state index contributed by atoms with van der Waals surface area (Å²) in [4.78, 5) is 27.3. The molecule has 7 nitrogen and oxygen atoms in total. The van der Waals surface area contributed by atoms with Crippen molar-refractivity contribution in [1.82, 2.24) is 10.2 Å². The van der Waals surface area contributed by atoms with E-state index in [0.29, 0.717) is 15.6 Å². The summed E-state index contributed by atoms with van der Waals surface area (Å²) in [6.07, 6.45) is 1.17. The summed E-state index contributed by atoms with van der Waals surface area (Å²) in [6, 6.07) is 6.47. The van der Waals surface area contributed by atoms with Crippen LogP contribution in [-0.2, 0) is 26.2 Å². The van der Waals surface area contributed by atoms with Gasteiger partial charge >= 0.3 is 0 Å². The molecule has 1 atom stereocenters. The molecule has 0 heterocycles. The summed E-state index contributed by atoms with van der Waals surface area (Å²) >= 11 is 30.8. The summed E-state index contributed by atoms with van der Waals surface area (Å²) < 4.78 is 26.1. The first kappa shape index (κ1) is 28.8. The highest BCUT2D eigenvalue weighted by Gasteiger charge is 2.33. The van der Waals surface area contributed by atoms with Crippen LogP contribution in [0.3, 0.4) is 0 Å². The number of carbonyl (C=O) groups excluding carboxylic acids is 2. The molecule has 0 fully saturated rings. The first-order valence-corrected chi connectivity index (χ1v) is 13.6. The van der Waals surface area contributed by atoms with E-state index in [9.17, 15) is 18.0 Å². The van der Waals surface area contributed by atoms with E-state index >= 15 is 0 Å². The zero-order chi connectivity index (χ0) is 25.8. The average Bonchev–Trinajstić information content (AvgIpc) is 2.75. The number of sulfonamides is 1. The molecule has 0 aliphatic heterocycles. The second-order valence-corrected chi connectivity index (χ2v) is 11.2. The Morgan fingerprint density at radius 3 is 2.03 bits per heavy atom. The zero-order valence-corrected chi connectivity index (χ0v) is 23.0. The minimum absolute atomic E-state index is 0.0216. The lowest BCUT2D eigenvalue weighted by Gasteiger charge is -2.33. The molecule has 13 heteroatoms. The monoisotopic (exact) mass is 587 g/mol. The van der Waals surface area contributed by atoms with Gasteiger partial charge in [0, 0.05) is 29.2 Å². The number of hydrogen-bond acceptors (Lipinski definition) is 4. The first-order chi connectivity index (χ1) is 15.8. The fraction of sp³-hybridized carbons (Fsp3) is 0.333. The molecule has 0 aliphatic carbocycles. The number of nitrogens with one attached hydrogen (secondary N) is 1. The molecule has 0 aromatic heterocycles. The predicted octanol–water partition coefficient (Wildman–Crippen LogP) is 5.27. The molecule has 0 radical (unpaired) electrons. The quantitative estimate of drug-likeness (QED) is 0.404. The highest BCUT2D eigenvalue weighted by Crippen LogP contribution is 2.36. The Hall–Kier alpha value is -1.42. The maximum Gasteiger partial charge on any atom is 0.244 e.